The van der Waals surface area contributed by atoms with E-state index in [1.165, 1.54) is 0 Å². The van der Waals surface area contributed by atoms with Gasteiger partial charge in [-0.25, -0.2) is 13.4 Å². The molecule has 0 aliphatic carbocycles. The van der Waals surface area contributed by atoms with Gasteiger partial charge in [-0.1, -0.05) is 11.6 Å². The van der Waals surface area contributed by atoms with E-state index in [0.29, 0.717) is 18.1 Å². The summed E-state index contributed by atoms with van der Waals surface area (Å²) in [6.45, 7) is 0.545. The van der Waals surface area contributed by atoms with Gasteiger partial charge in [0.15, 0.2) is 9.84 Å². The average molecular weight is 264 g/mol. The average Bonchev–Trinajstić information content (AvgIpc) is 2.70. The summed E-state index contributed by atoms with van der Waals surface area (Å²) in [6.07, 6.45) is 2.27. The van der Waals surface area contributed by atoms with E-state index in [2.05, 4.69) is 10.3 Å². The van der Waals surface area contributed by atoms with Crippen molar-refractivity contribution in [2.75, 3.05) is 11.5 Å². The highest BCUT2D eigenvalue weighted by molar-refractivity contribution is 7.91. The molecule has 1 aliphatic heterocycles. The van der Waals surface area contributed by atoms with E-state index in [4.69, 9.17) is 11.6 Å². The molecule has 5 nitrogen and oxygen atoms in total. The minimum Gasteiger partial charge on any atom is -0.321 e. The fraction of sp³-hybridized carbons (Fsp3) is 0.667. The number of sulfone groups is 1. The molecule has 7 heteroatoms. The Morgan fingerprint density at radius 1 is 1.69 bits per heavy atom. The van der Waals surface area contributed by atoms with Crippen LogP contribution in [-0.4, -0.2) is 35.5 Å². The van der Waals surface area contributed by atoms with Crippen molar-refractivity contribution >= 4 is 21.4 Å². The van der Waals surface area contributed by atoms with Crippen LogP contribution in [0.4, 0.5) is 0 Å². The summed E-state index contributed by atoms with van der Waals surface area (Å²) in [5.41, 5.74) is 0. The fourth-order valence-electron chi connectivity index (χ4n) is 1.78. The third-order valence-corrected chi connectivity index (χ3v) is 4.93. The zero-order valence-electron chi connectivity index (χ0n) is 8.98. The van der Waals surface area contributed by atoms with Crippen molar-refractivity contribution in [2.24, 2.45) is 7.05 Å². The molecular weight excluding hydrogens is 250 g/mol. The summed E-state index contributed by atoms with van der Waals surface area (Å²) in [5, 5.41) is 3.77. The van der Waals surface area contributed by atoms with E-state index >= 15 is 0 Å². The molecule has 2 rings (SSSR count). The number of aromatic nitrogens is 2. The van der Waals surface area contributed by atoms with Crippen LogP contribution in [0.5, 0.6) is 0 Å². The molecule has 1 atom stereocenters. The first kappa shape index (κ1) is 11.9. The first-order chi connectivity index (χ1) is 7.48. The predicted molar refractivity (Wildman–Crippen MR) is 62.1 cm³/mol. The standard InChI is InChI=1S/C9H14ClN3O2S/c1-13-8(10)4-12-9(13)5-11-7-2-3-16(14,15)6-7/h4,7,11H,2-3,5-6H2,1H3. The Balaban J connectivity index is 1.92. The van der Waals surface area contributed by atoms with Crippen molar-refractivity contribution in [3.05, 3.63) is 17.2 Å². The van der Waals surface area contributed by atoms with Gasteiger partial charge in [0.25, 0.3) is 0 Å². The Hall–Kier alpha value is -0.590. The molecule has 0 bridgehead atoms. The molecule has 1 aromatic rings. The topological polar surface area (TPSA) is 64.0 Å². The number of nitrogens with zero attached hydrogens (tertiary/aromatic N) is 2. The molecule has 0 aromatic carbocycles. The lowest BCUT2D eigenvalue weighted by Crippen LogP contribution is -2.30. The smallest absolute Gasteiger partial charge is 0.151 e. The highest BCUT2D eigenvalue weighted by Gasteiger charge is 2.27. The summed E-state index contributed by atoms with van der Waals surface area (Å²) in [6, 6.07) is 0.0421. The predicted octanol–water partition coefficient (Wildman–Crippen LogP) is 0.350. The molecule has 1 N–H and O–H groups in total. The summed E-state index contributed by atoms with van der Waals surface area (Å²) < 4.78 is 24.3. The first-order valence-electron chi connectivity index (χ1n) is 5.08. The van der Waals surface area contributed by atoms with Crippen LogP contribution in [0, 0.1) is 0 Å². The second kappa shape index (κ2) is 4.35. The second-order valence-electron chi connectivity index (χ2n) is 4.04. The van der Waals surface area contributed by atoms with E-state index in [-0.39, 0.29) is 17.5 Å². The van der Waals surface area contributed by atoms with E-state index in [1.807, 2.05) is 7.05 Å². The monoisotopic (exact) mass is 263 g/mol. The molecule has 1 aliphatic rings. The lowest BCUT2D eigenvalue weighted by molar-refractivity contribution is 0.534. The van der Waals surface area contributed by atoms with Crippen LogP contribution >= 0.6 is 11.6 Å². The third-order valence-electron chi connectivity index (χ3n) is 2.81. The first-order valence-corrected chi connectivity index (χ1v) is 7.28. The van der Waals surface area contributed by atoms with Crippen LogP contribution in [0.2, 0.25) is 5.15 Å². The van der Waals surface area contributed by atoms with Crippen molar-refractivity contribution < 1.29 is 8.42 Å². The number of imidazole rings is 1. The van der Waals surface area contributed by atoms with Gasteiger partial charge in [0.2, 0.25) is 0 Å². The Morgan fingerprint density at radius 3 is 2.94 bits per heavy atom. The zero-order valence-corrected chi connectivity index (χ0v) is 10.6. The molecule has 0 saturated carbocycles. The van der Waals surface area contributed by atoms with Gasteiger partial charge in [0, 0.05) is 13.1 Å². The van der Waals surface area contributed by atoms with Crippen LogP contribution in [0.3, 0.4) is 0 Å². The summed E-state index contributed by atoms with van der Waals surface area (Å²) >= 11 is 5.85. The van der Waals surface area contributed by atoms with Crippen molar-refractivity contribution in [3.63, 3.8) is 0 Å². The molecular formula is C9H14ClN3O2S. The lowest BCUT2D eigenvalue weighted by atomic mass is 10.2. The molecule has 1 aromatic heterocycles. The Kier molecular flexibility index (Phi) is 3.23. The molecule has 1 fully saturated rings. The van der Waals surface area contributed by atoms with Crippen molar-refractivity contribution in [2.45, 2.75) is 19.0 Å². The molecule has 0 radical (unpaired) electrons. The second-order valence-corrected chi connectivity index (χ2v) is 6.65. The maximum Gasteiger partial charge on any atom is 0.151 e. The highest BCUT2D eigenvalue weighted by Crippen LogP contribution is 2.13. The lowest BCUT2D eigenvalue weighted by Gasteiger charge is -2.10. The molecule has 1 saturated heterocycles. The van der Waals surface area contributed by atoms with Crippen LogP contribution < -0.4 is 5.32 Å². The number of rotatable bonds is 3. The summed E-state index contributed by atoms with van der Waals surface area (Å²) in [5.74, 6) is 1.33. The molecule has 0 spiro atoms. The fourth-order valence-corrected chi connectivity index (χ4v) is 3.63. The number of nitrogens with one attached hydrogen (secondary N) is 1. The largest absolute Gasteiger partial charge is 0.321 e. The minimum atomic E-state index is -2.82. The van der Waals surface area contributed by atoms with Crippen LogP contribution in [0.15, 0.2) is 6.20 Å². The quantitative estimate of drug-likeness (QED) is 0.855. The molecule has 0 amide bonds. The van der Waals surface area contributed by atoms with Gasteiger partial charge in [-0.05, 0) is 6.42 Å². The van der Waals surface area contributed by atoms with Crippen molar-refractivity contribution in [3.8, 4) is 0 Å². The van der Waals surface area contributed by atoms with Gasteiger partial charge >= 0.3 is 0 Å². The Bertz CT molecular complexity index is 483. The van der Waals surface area contributed by atoms with Crippen LogP contribution in [-0.2, 0) is 23.4 Å². The van der Waals surface area contributed by atoms with Gasteiger partial charge in [-0.2, -0.15) is 0 Å². The maximum atomic E-state index is 11.2. The van der Waals surface area contributed by atoms with Crippen molar-refractivity contribution in [1.82, 2.24) is 14.9 Å². The Labute approximate surface area is 99.7 Å². The third kappa shape index (κ3) is 2.56. The van der Waals surface area contributed by atoms with Gasteiger partial charge in [0.05, 0.1) is 24.2 Å². The SMILES string of the molecule is Cn1c(Cl)cnc1CNC1CCS(=O)(=O)C1. The minimum absolute atomic E-state index is 0.0421. The molecule has 2 heterocycles. The maximum absolute atomic E-state index is 11.2. The van der Waals surface area contributed by atoms with Crippen molar-refractivity contribution in [1.29, 1.82) is 0 Å². The van der Waals surface area contributed by atoms with Crippen LogP contribution in [0.25, 0.3) is 0 Å². The van der Waals surface area contributed by atoms with Gasteiger partial charge in [-0.3, -0.25) is 0 Å². The van der Waals surface area contributed by atoms with Gasteiger partial charge in [0.1, 0.15) is 11.0 Å². The number of hydrogen-bond donors (Lipinski definition) is 1. The zero-order chi connectivity index (χ0) is 11.8. The van der Waals surface area contributed by atoms with E-state index < -0.39 is 9.84 Å². The summed E-state index contributed by atoms with van der Waals surface area (Å²) in [7, 11) is -0.989. The molecule has 16 heavy (non-hydrogen) atoms. The van der Waals surface area contributed by atoms with E-state index in [9.17, 15) is 8.42 Å². The number of hydrogen-bond acceptors (Lipinski definition) is 4. The van der Waals surface area contributed by atoms with E-state index in [1.54, 1.807) is 10.8 Å². The molecule has 1 unspecified atom stereocenters. The highest BCUT2D eigenvalue weighted by atomic mass is 35.5. The molecule has 90 valence electrons. The van der Waals surface area contributed by atoms with E-state index in [0.717, 1.165) is 5.82 Å². The van der Waals surface area contributed by atoms with Crippen LogP contribution in [0.1, 0.15) is 12.2 Å². The van der Waals surface area contributed by atoms with Gasteiger partial charge in [-0.15, -0.1) is 0 Å². The normalized spacial score (nSPS) is 23.8. The summed E-state index contributed by atoms with van der Waals surface area (Å²) in [4.78, 5) is 4.13. The Morgan fingerprint density at radius 2 is 2.44 bits per heavy atom. The van der Waals surface area contributed by atoms with Gasteiger partial charge < -0.3 is 9.88 Å². The number of halogens is 1.